The molecule has 7 heteroatoms. The summed E-state index contributed by atoms with van der Waals surface area (Å²) in [7, 11) is -3.62. The van der Waals surface area contributed by atoms with Gasteiger partial charge in [-0.2, -0.15) is 0 Å². The summed E-state index contributed by atoms with van der Waals surface area (Å²) in [6, 6.07) is 14.0. The molecule has 1 N–H and O–H groups in total. The molecule has 0 fully saturated rings. The first-order chi connectivity index (χ1) is 11.4. The van der Waals surface area contributed by atoms with Crippen molar-refractivity contribution >= 4 is 50.2 Å². The lowest BCUT2D eigenvalue weighted by Crippen LogP contribution is -2.13. The molecule has 0 aliphatic heterocycles. The summed E-state index contributed by atoms with van der Waals surface area (Å²) in [6.07, 6.45) is 0. The van der Waals surface area contributed by atoms with Gasteiger partial charge in [0.25, 0.3) is 10.0 Å². The Morgan fingerprint density at radius 1 is 1.00 bits per heavy atom. The summed E-state index contributed by atoms with van der Waals surface area (Å²) < 4.78 is 27.7. The van der Waals surface area contributed by atoms with E-state index in [1.807, 2.05) is 6.07 Å². The largest absolute Gasteiger partial charge is 0.279 e. The van der Waals surface area contributed by atoms with E-state index in [1.165, 1.54) is 11.3 Å². The molecule has 0 aliphatic carbocycles. The summed E-state index contributed by atoms with van der Waals surface area (Å²) in [5.41, 5.74) is 2.10. The summed E-state index contributed by atoms with van der Waals surface area (Å²) in [6.45, 7) is 1.77. The Morgan fingerprint density at radius 3 is 2.46 bits per heavy atom. The number of hydrogen-bond donors (Lipinski definition) is 1. The SMILES string of the molecule is Cc1ccccc1S(=O)(=O)Nc1csc(-c2ccc(Cl)c(Cl)c2)c1. The third kappa shape index (κ3) is 3.59. The van der Waals surface area contributed by atoms with Crippen LogP contribution in [0, 0.1) is 6.92 Å². The minimum absolute atomic E-state index is 0.271. The van der Waals surface area contributed by atoms with E-state index in [0.717, 1.165) is 10.4 Å². The number of thiophene rings is 1. The maximum absolute atomic E-state index is 12.5. The van der Waals surface area contributed by atoms with Gasteiger partial charge in [-0.1, -0.05) is 47.5 Å². The van der Waals surface area contributed by atoms with Gasteiger partial charge < -0.3 is 0 Å². The molecule has 0 saturated carbocycles. The number of nitrogens with one attached hydrogen (secondary N) is 1. The molecule has 0 atom stereocenters. The molecule has 0 saturated heterocycles. The van der Waals surface area contributed by atoms with E-state index in [0.29, 0.717) is 21.3 Å². The number of anilines is 1. The van der Waals surface area contributed by atoms with Gasteiger partial charge in [0.05, 0.1) is 20.6 Å². The van der Waals surface area contributed by atoms with Crippen molar-refractivity contribution in [1.29, 1.82) is 0 Å². The summed E-state index contributed by atoms with van der Waals surface area (Å²) in [5, 5.41) is 2.70. The van der Waals surface area contributed by atoms with Crippen molar-refractivity contribution < 1.29 is 8.42 Å². The Labute approximate surface area is 154 Å². The highest BCUT2D eigenvalue weighted by Gasteiger charge is 2.17. The minimum atomic E-state index is -3.62. The molecular weight excluding hydrogens is 385 g/mol. The van der Waals surface area contributed by atoms with Crippen LogP contribution in [0.1, 0.15) is 5.56 Å². The van der Waals surface area contributed by atoms with Crippen molar-refractivity contribution in [3.63, 3.8) is 0 Å². The number of hydrogen-bond acceptors (Lipinski definition) is 3. The molecular formula is C17H13Cl2NO2S2. The summed E-state index contributed by atoms with van der Waals surface area (Å²) >= 11 is 13.4. The van der Waals surface area contributed by atoms with E-state index in [9.17, 15) is 8.42 Å². The second kappa shape index (κ2) is 6.76. The number of rotatable bonds is 4. The Balaban J connectivity index is 1.89. The molecule has 2 aromatic carbocycles. The molecule has 1 heterocycles. The average molecular weight is 398 g/mol. The van der Waals surface area contributed by atoms with Crippen LogP contribution >= 0.6 is 34.5 Å². The maximum Gasteiger partial charge on any atom is 0.262 e. The van der Waals surface area contributed by atoms with Gasteiger partial charge in [-0.15, -0.1) is 11.3 Å². The van der Waals surface area contributed by atoms with Gasteiger partial charge in [-0.05, 0) is 42.3 Å². The van der Waals surface area contributed by atoms with Crippen LogP contribution in [-0.2, 0) is 10.0 Å². The zero-order valence-corrected chi connectivity index (χ0v) is 15.7. The van der Waals surface area contributed by atoms with Crippen molar-refractivity contribution in [1.82, 2.24) is 0 Å². The quantitative estimate of drug-likeness (QED) is 0.601. The lowest BCUT2D eigenvalue weighted by atomic mass is 10.2. The van der Waals surface area contributed by atoms with Gasteiger partial charge in [0.2, 0.25) is 0 Å². The van der Waals surface area contributed by atoms with E-state index >= 15 is 0 Å². The molecule has 0 unspecified atom stereocenters. The van der Waals surface area contributed by atoms with Crippen molar-refractivity contribution in [2.75, 3.05) is 4.72 Å². The highest BCUT2D eigenvalue weighted by atomic mass is 35.5. The van der Waals surface area contributed by atoms with Gasteiger partial charge in [-0.3, -0.25) is 4.72 Å². The first-order valence-corrected chi connectivity index (χ1v) is 10.1. The molecule has 0 spiro atoms. The van der Waals surface area contributed by atoms with Crippen LogP contribution in [0.25, 0.3) is 10.4 Å². The van der Waals surface area contributed by atoms with Gasteiger partial charge in [-0.25, -0.2) is 8.42 Å². The number of aryl methyl sites for hydroxylation is 1. The smallest absolute Gasteiger partial charge is 0.262 e. The molecule has 0 bridgehead atoms. The standard InChI is InChI=1S/C17H13Cl2NO2S2/c1-11-4-2-3-5-17(11)24(21,22)20-13-9-16(23-10-13)12-6-7-14(18)15(19)8-12/h2-10,20H,1H3. The summed E-state index contributed by atoms with van der Waals surface area (Å²) in [4.78, 5) is 1.17. The second-order valence-electron chi connectivity index (χ2n) is 5.20. The molecule has 1 aromatic heterocycles. The van der Waals surface area contributed by atoms with E-state index < -0.39 is 10.0 Å². The molecule has 24 heavy (non-hydrogen) atoms. The van der Waals surface area contributed by atoms with Crippen molar-refractivity contribution in [2.45, 2.75) is 11.8 Å². The molecule has 124 valence electrons. The van der Waals surface area contributed by atoms with Crippen molar-refractivity contribution in [2.24, 2.45) is 0 Å². The van der Waals surface area contributed by atoms with Crippen LogP contribution in [0.2, 0.25) is 10.0 Å². The molecule has 0 aliphatic rings. The second-order valence-corrected chi connectivity index (χ2v) is 8.58. The zero-order chi connectivity index (χ0) is 17.3. The predicted octanol–water partition coefficient (Wildman–Crippen LogP) is 5.83. The Hall–Kier alpha value is -1.53. The first-order valence-electron chi connectivity index (χ1n) is 6.99. The van der Waals surface area contributed by atoms with Crippen LogP contribution in [-0.4, -0.2) is 8.42 Å². The minimum Gasteiger partial charge on any atom is -0.279 e. The van der Waals surface area contributed by atoms with Crippen LogP contribution in [0.3, 0.4) is 0 Å². The van der Waals surface area contributed by atoms with Gasteiger partial charge in [0.15, 0.2) is 0 Å². The molecule has 0 radical (unpaired) electrons. The monoisotopic (exact) mass is 397 g/mol. The van der Waals surface area contributed by atoms with Crippen LogP contribution in [0.15, 0.2) is 58.8 Å². The van der Waals surface area contributed by atoms with Gasteiger partial charge in [0.1, 0.15) is 0 Å². The number of benzene rings is 2. The van der Waals surface area contributed by atoms with Crippen LogP contribution < -0.4 is 4.72 Å². The Kier molecular flexibility index (Phi) is 4.88. The summed E-state index contributed by atoms with van der Waals surface area (Å²) in [5.74, 6) is 0. The van der Waals surface area contributed by atoms with E-state index in [2.05, 4.69) is 4.72 Å². The Bertz CT molecular complexity index is 997. The van der Waals surface area contributed by atoms with E-state index in [4.69, 9.17) is 23.2 Å². The average Bonchev–Trinajstić information content (AvgIpc) is 2.98. The third-order valence-corrected chi connectivity index (χ3v) is 6.70. The number of sulfonamides is 1. The van der Waals surface area contributed by atoms with Crippen molar-refractivity contribution in [3.8, 4) is 10.4 Å². The lowest BCUT2D eigenvalue weighted by Gasteiger charge is -2.08. The van der Waals surface area contributed by atoms with Gasteiger partial charge in [0, 0.05) is 10.3 Å². The maximum atomic E-state index is 12.5. The van der Waals surface area contributed by atoms with Gasteiger partial charge >= 0.3 is 0 Å². The lowest BCUT2D eigenvalue weighted by molar-refractivity contribution is 0.600. The fourth-order valence-corrected chi connectivity index (χ4v) is 4.76. The third-order valence-electron chi connectivity index (χ3n) is 3.44. The van der Waals surface area contributed by atoms with Crippen LogP contribution in [0.4, 0.5) is 5.69 Å². The van der Waals surface area contributed by atoms with Crippen molar-refractivity contribution in [3.05, 3.63) is 69.5 Å². The fourth-order valence-electron chi connectivity index (χ4n) is 2.26. The number of halogens is 2. The van der Waals surface area contributed by atoms with Crippen LogP contribution in [0.5, 0.6) is 0 Å². The normalized spacial score (nSPS) is 11.5. The molecule has 3 rings (SSSR count). The first kappa shape index (κ1) is 17.3. The van der Waals surface area contributed by atoms with E-state index in [1.54, 1.807) is 54.8 Å². The zero-order valence-electron chi connectivity index (χ0n) is 12.6. The highest BCUT2D eigenvalue weighted by Crippen LogP contribution is 2.34. The molecule has 0 amide bonds. The Morgan fingerprint density at radius 2 is 1.75 bits per heavy atom. The predicted molar refractivity (Wildman–Crippen MR) is 102 cm³/mol. The fraction of sp³-hybridized carbons (Fsp3) is 0.0588. The van der Waals surface area contributed by atoms with E-state index in [-0.39, 0.29) is 4.90 Å². The topological polar surface area (TPSA) is 46.2 Å². The highest BCUT2D eigenvalue weighted by molar-refractivity contribution is 7.92. The molecule has 3 nitrogen and oxygen atoms in total. The molecule has 3 aromatic rings.